The van der Waals surface area contributed by atoms with Crippen LogP contribution in [0.1, 0.15) is 348 Å². The number of hydrogen-bond acceptors (Lipinski definition) is 8. The van der Waals surface area contributed by atoms with Crippen molar-refractivity contribution in [2.24, 2.45) is 0 Å². The van der Waals surface area contributed by atoms with E-state index in [0.29, 0.717) is 17.4 Å². The summed E-state index contributed by atoms with van der Waals surface area (Å²) in [7, 11) is 5.94. The third-order valence-corrected chi connectivity index (χ3v) is 15.4. The second-order valence-corrected chi connectivity index (χ2v) is 24.1. The molecule has 0 aromatic heterocycles. The van der Waals surface area contributed by atoms with E-state index in [-0.39, 0.29) is 32.2 Å². The molecular weight excluding hydrogens is 935 g/mol. The molecule has 2 unspecified atom stereocenters. The zero-order chi connectivity index (χ0) is 54.8. The molecule has 0 amide bonds. The van der Waals surface area contributed by atoms with Crippen LogP contribution in [0.25, 0.3) is 0 Å². The molecule has 0 aromatic carbocycles. The van der Waals surface area contributed by atoms with Crippen molar-refractivity contribution in [2.75, 3.05) is 47.5 Å². The minimum Gasteiger partial charge on any atom is -0.545 e. The first-order chi connectivity index (χ1) is 36.6. The number of nitrogens with zero attached hydrogens (tertiary/aromatic N) is 1. The molecule has 9 nitrogen and oxygen atoms in total. The van der Waals surface area contributed by atoms with Crippen LogP contribution in [0.5, 0.6) is 0 Å². The fourth-order valence-corrected chi connectivity index (χ4v) is 10.2. The second-order valence-electron chi connectivity index (χ2n) is 24.1. The molecule has 9 heteroatoms. The van der Waals surface area contributed by atoms with Crippen molar-refractivity contribution in [1.82, 2.24) is 0 Å². The lowest BCUT2D eigenvalue weighted by molar-refractivity contribution is -0.870. The first-order valence-electron chi connectivity index (χ1n) is 33.2. The Labute approximate surface area is 466 Å². The van der Waals surface area contributed by atoms with Crippen molar-refractivity contribution in [2.45, 2.75) is 360 Å². The van der Waals surface area contributed by atoms with Crippen molar-refractivity contribution < 1.29 is 42.9 Å². The standard InChI is InChI=1S/C66H129NO8/c1-6-8-10-12-14-16-18-20-21-22-23-24-25-26-27-28-29-30-31-32-33-34-35-36-37-38-39-40-41-42-43-44-45-47-49-51-53-55-57-64(69)75-62(61-74-66(65(70)71)72-59-58-67(3,4)5)60-73-63(68)56-54-52-50-48-46-19-17-15-13-11-9-7-2/h62,66H,6-61H2,1-5H3. The van der Waals surface area contributed by atoms with Crippen molar-refractivity contribution in [1.29, 1.82) is 0 Å². The number of likely N-dealkylation sites (N-methyl/N-ethyl adjacent to an activating group) is 1. The Kier molecular flexibility index (Phi) is 57.1. The van der Waals surface area contributed by atoms with Gasteiger partial charge in [0.25, 0.3) is 0 Å². The summed E-state index contributed by atoms with van der Waals surface area (Å²) in [4.78, 5) is 37.2. The Hall–Kier alpha value is -1.71. The maximum absolute atomic E-state index is 12.9. The number of unbranched alkanes of at least 4 members (excludes halogenated alkanes) is 48. The van der Waals surface area contributed by atoms with Gasteiger partial charge in [0.1, 0.15) is 13.2 Å². The first kappa shape index (κ1) is 73.3. The van der Waals surface area contributed by atoms with E-state index in [1.54, 1.807) is 0 Å². The molecule has 0 aliphatic rings. The third kappa shape index (κ3) is 59.8. The zero-order valence-corrected chi connectivity index (χ0v) is 51.0. The summed E-state index contributed by atoms with van der Waals surface area (Å²) in [6.45, 7) is 4.81. The molecule has 0 saturated heterocycles. The number of quaternary nitrogens is 1. The minimum absolute atomic E-state index is 0.153. The Morgan fingerprint density at radius 3 is 0.853 bits per heavy atom. The van der Waals surface area contributed by atoms with Crippen molar-refractivity contribution >= 4 is 17.9 Å². The summed E-state index contributed by atoms with van der Waals surface area (Å²) < 4.78 is 22.7. The van der Waals surface area contributed by atoms with Gasteiger partial charge in [0.2, 0.25) is 0 Å². The Bertz CT molecular complexity index is 1190. The van der Waals surface area contributed by atoms with E-state index in [1.807, 2.05) is 21.1 Å². The van der Waals surface area contributed by atoms with Crippen molar-refractivity contribution in [3.63, 3.8) is 0 Å². The van der Waals surface area contributed by atoms with Gasteiger partial charge in [-0.1, -0.05) is 322 Å². The normalized spacial score (nSPS) is 12.6. The number of esters is 2. The lowest BCUT2D eigenvalue weighted by Crippen LogP contribution is -2.44. The van der Waals surface area contributed by atoms with Gasteiger partial charge in [0, 0.05) is 12.8 Å². The van der Waals surface area contributed by atoms with E-state index < -0.39 is 24.3 Å². The summed E-state index contributed by atoms with van der Waals surface area (Å²) in [5.74, 6) is -2.25. The molecule has 2 atom stereocenters. The number of carboxylic acid groups (broad SMARTS) is 1. The summed E-state index contributed by atoms with van der Waals surface area (Å²) >= 11 is 0. The number of rotatable bonds is 63. The summed E-state index contributed by atoms with van der Waals surface area (Å²) in [5.41, 5.74) is 0. The van der Waals surface area contributed by atoms with E-state index >= 15 is 0 Å². The second kappa shape index (κ2) is 58.4. The van der Waals surface area contributed by atoms with Crippen LogP contribution in [0.15, 0.2) is 0 Å². The highest BCUT2D eigenvalue weighted by Crippen LogP contribution is 2.19. The van der Waals surface area contributed by atoms with Crippen LogP contribution < -0.4 is 5.11 Å². The topological polar surface area (TPSA) is 111 Å². The highest BCUT2D eigenvalue weighted by Gasteiger charge is 2.22. The average Bonchev–Trinajstić information content (AvgIpc) is 3.38. The van der Waals surface area contributed by atoms with E-state index in [2.05, 4.69) is 13.8 Å². The highest BCUT2D eigenvalue weighted by atomic mass is 16.7. The van der Waals surface area contributed by atoms with Crippen LogP contribution in [0.3, 0.4) is 0 Å². The predicted octanol–water partition coefficient (Wildman–Crippen LogP) is 18.6. The van der Waals surface area contributed by atoms with Crippen molar-refractivity contribution in [3.8, 4) is 0 Å². The van der Waals surface area contributed by atoms with Crippen LogP contribution in [-0.4, -0.2) is 82.3 Å². The van der Waals surface area contributed by atoms with Gasteiger partial charge in [-0.2, -0.15) is 0 Å². The van der Waals surface area contributed by atoms with Gasteiger partial charge >= 0.3 is 11.9 Å². The Morgan fingerprint density at radius 2 is 0.600 bits per heavy atom. The lowest BCUT2D eigenvalue weighted by atomic mass is 10.0. The molecule has 0 aliphatic carbocycles. The molecule has 75 heavy (non-hydrogen) atoms. The number of carboxylic acids is 1. The van der Waals surface area contributed by atoms with E-state index in [1.165, 1.54) is 283 Å². The molecular formula is C66H129NO8. The SMILES string of the molecule is CCCCCCCCCCCCCCCCCCCCCCCCCCCCCCCCCCCCCCCCC(=O)OC(COC(=O)CCCCCCCCCCCCCC)COC(OCC[N+](C)(C)C)C(=O)[O-]. The van der Waals surface area contributed by atoms with E-state index in [4.69, 9.17) is 18.9 Å². The summed E-state index contributed by atoms with van der Waals surface area (Å²) in [5, 5.41) is 11.8. The maximum atomic E-state index is 12.9. The Morgan fingerprint density at radius 1 is 0.347 bits per heavy atom. The maximum Gasteiger partial charge on any atom is 0.306 e. The molecule has 446 valence electrons. The number of carbonyl (C=O) groups excluding carboxylic acids is 3. The van der Waals surface area contributed by atoms with Crippen molar-refractivity contribution in [3.05, 3.63) is 0 Å². The predicted molar refractivity (Wildman–Crippen MR) is 316 cm³/mol. The van der Waals surface area contributed by atoms with Gasteiger partial charge in [0.15, 0.2) is 12.4 Å². The molecule has 0 rings (SSSR count). The fraction of sp³-hybridized carbons (Fsp3) is 0.955. The molecule has 0 radical (unpaired) electrons. The molecule has 0 heterocycles. The average molecular weight is 1060 g/mol. The molecule has 0 aromatic rings. The Balaban J connectivity index is 3.87. The number of carbonyl (C=O) groups is 3. The lowest BCUT2D eigenvalue weighted by Gasteiger charge is -2.26. The summed E-state index contributed by atoms with van der Waals surface area (Å²) in [6, 6.07) is 0. The zero-order valence-electron chi connectivity index (χ0n) is 51.0. The summed E-state index contributed by atoms with van der Waals surface area (Å²) in [6.07, 6.45) is 65.0. The molecule has 0 aliphatic heterocycles. The van der Waals surface area contributed by atoms with Crippen LogP contribution in [-0.2, 0) is 33.3 Å². The fourth-order valence-electron chi connectivity index (χ4n) is 10.2. The van der Waals surface area contributed by atoms with Crippen LogP contribution in [0.4, 0.5) is 0 Å². The van der Waals surface area contributed by atoms with Crippen LogP contribution >= 0.6 is 0 Å². The minimum atomic E-state index is -1.61. The van der Waals surface area contributed by atoms with Gasteiger partial charge in [0.05, 0.1) is 40.3 Å². The third-order valence-electron chi connectivity index (χ3n) is 15.4. The highest BCUT2D eigenvalue weighted by molar-refractivity contribution is 5.70. The van der Waals surface area contributed by atoms with Gasteiger partial charge in [-0.25, -0.2) is 0 Å². The number of aliphatic carboxylic acids is 1. The van der Waals surface area contributed by atoms with Crippen LogP contribution in [0, 0.1) is 0 Å². The molecule has 0 bridgehead atoms. The van der Waals surface area contributed by atoms with Gasteiger partial charge in [-0.3, -0.25) is 9.59 Å². The van der Waals surface area contributed by atoms with Gasteiger partial charge in [-0.15, -0.1) is 0 Å². The van der Waals surface area contributed by atoms with E-state index in [0.717, 1.165) is 38.5 Å². The molecule has 0 spiro atoms. The molecule has 0 N–H and O–H groups in total. The molecule has 0 fully saturated rings. The smallest absolute Gasteiger partial charge is 0.306 e. The first-order valence-corrected chi connectivity index (χ1v) is 33.2. The largest absolute Gasteiger partial charge is 0.545 e. The number of hydrogen-bond donors (Lipinski definition) is 0. The monoisotopic (exact) mass is 1060 g/mol. The number of ether oxygens (including phenoxy) is 4. The quantitative estimate of drug-likeness (QED) is 0.0256. The van der Waals surface area contributed by atoms with Crippen LogP contribution in [0.2, 0.25) is 0 Å². The van der Waals surface area contributed by atoms with E-state index in [9.17, 15) is 19.5 Å². The molecule has 0 saturated carbocycles. The van der Waals surface area contributed by atoms with Gasteiger partial charge in [-0.05, 0) is 12.8 Å². The van der Waals surface area contributed by atoms with Gasteiger partial charge < -0.3 is 33.3 Å².